The molecule has 19 heavy (non-hydrogen) atoms. The van der Waals surface area contributed by atoms with Crippen LogP contribution in [0.1, 0.15) is 25.8 Å². The smallest absolute Gasteiger partial charge is 0.122 e. The van der Waals surface area contributed by atoms with E-state index < -0.39 is 0 Å². The minimum Gasteiger partial charge on any atom is -0.496 e. The van der Waals surface area contributed by atoms with E-state index in [1.807, 2.05) is 12.1 Å². The summed E-state index contributed by atoms with van der Waals surface area (Å²) in [6.45, 7) is 6.18. The Balaban J connectivity index is 2.07. The summed E-state index contributed by atoms with van der Waals surface area (Å²) in [4.78, 5) is 0. The second kappa shape index (κ2) is 6.92. The summed E-state index contributed by atoms with van der Waals surface area (Å²) in [5.41, 5.74) is 1.27. The highest BCUT2D eigenvalue weighted by Crippen LogP contribution is 2.27. The molecule has 1 saturated heterocycles. The van der Waals surface area contributed by atoms with Crippen LogP contribution in [0.4, 0.5) is 0 Å². The number of methoxy groups -OCH3 is 1. The Bertz CT molecular complexity index is 394. The Hall–Kier alpha value is -1.06. The zero-order valence-electron chi connectivity index (χ0n) is 12.2. The van der Waals surface area contributed by atoms with E-state index in [-0.39, 0.29) is 0 Å². The van der Waals surface area contributed by atoms with Crippen LogP contribution in [0.25, 0.3) is 0 Å². The number of nitrogens with one attached hydrogen (secondary N) is 1. The minimum atomic E-state index is 0.392. The maximum atomic E-state index is 5.72. The fourth-order valence-corrected chi connectivity index (χ4v) is 2.91. The van der Waals surface area contributed by atoms with Gasteiger partial charge in [-0.2, -0.15) is 0 Å². The van der Waals surface area contributed by atoms with Gasteiger partial charge >= 0.3 is 0 Å². The molecule has 1 aromatic carbocycles. The standard InChI is InChI=1S/C16H25NO2/c1-4-17-15(14-9-12(2)19-11-14)10-13-7-5-6-8-16(13)18-3/h5-8,12,14-15,17H,4,9-11H2,1-3H3. The first-order valence-corrected chi connectivity index (χ1v) is 7.21. The molecule has 0 bridgehead atoms. The summed E-state index contributed by atoms with van der Waals surface area (Å²) in [6, 6.07) is 8.75. The lowest BCUT2D eigenvalue weighted by atomic mass is 9.91. The normalized spacial score (nSPS) is 24.4. The summed E-state index contributed by atoms with van der Waals surface area (Å²) in [5.74, 6) is 1.58. The van der Waals surface area contributed by atoms with Gasteiger partial charge in [-0.25, -0.2) is 0 Å². The van der Waals surface area contributed by atoms with Gasteiger partial charge in [-0.1, -0.05) is 25.1 Å². The highest BCUT2D eigenvalue weighted by atomic mass is 16.5. The van der Waals surface area contributed by atoms with E-state index in [2.05, 4.69) is 31.3 Å². The maximum Gasteiger partial charge on any atom is 0.122 e. The van der Waals surface area contributed by atoms with E-state index in [4.69, 9.17) is 9.47 Å². The first-order valence-electron chi connectivity index (χ1n) is 7.21. The molecule has 2 rings (SSSR count). The van der Waals surface area contributed by atoms with Crippen molar-refractivity contribution >= 4 is 0 Å². The van der Waals surface area contributed by atoms with Gasteiger partial charge in [0.25, 0.3) is 0 Å². The number of hydrogen-bond acceptors (Lipinski definition) is 3. The molecule has 3 heteroatoms. The van der Waals surface area contributed by atoms with Gasteiger partial charge in [0.2, 0.25) is 0 Å². The molecule has 0 saturated carbocycles. The second-order valence-corrected chi connectivity index (χ2v) is 5.32. The van der Waals surface area contributed by atoms with Crippen LogP contribution in [-0.4, -0.2) is 32.4 Å². The fourth-order valence-electron chi connectivity index (χ4n) is 2.91. The number of rotatable bonds is 6. The molecule has 0 aromatic heterocycles. The average molecular weight is 263 g/mol. The van der Waals surface area contributed by atoms with Gasteiger partial charge in [0.15, 0.2) is 0 Å². The van der Waals surface area contributed by atoms with Gasteiger partial charge in [-0.3, -0.25) is 0 Å². The van der Waals surface area contributed by atoms with E-state index in [0.29, 0.717) is 18.1 Å². The van der Waals surface area contributed by atoms with Gasteiger partial charge in [0, 0.05) is 12.0 Å². The number of benzene rings is 1. The van der Waals surface area contributed by atoms with Gasteiger partial charge in [-0.15, -0.1) is 0 Å². The maximum absolute atomic E-state index is 5.72. The topological polar surface area (TPSA) is 30.5 Å². The monoisotopic (exact) mass is 263 g/mol. The fraction of sp³-hybridized carbons (Fsp3) is 0.625. The van der Waals surface area contributed by atoms with Crippen LogP contribution in [0, 0.1) is 5.92 Å². The van der Waals surface area contributed by atoms with Gasteiger partial charge in [0.1, 0.15) is 5.75 Å². The number of para-hydroxylation sites is 1. The largest absolute Gasteiger partial charge is 0.496 e. The summed E-state index contributed by atoms with van der Waals surface area (Å²) >= 11 is 0. The van der Waals surface area contributed by atoms with Gasteiger partial charge in [0.05, 0.1) is 19.8 Å². The van der Waals surface area contributed by atoms with Crippen LogP contribution < -0.4 is 10.1 Å². The molecule has 1 aliphatic rings. The third kappa shape index (κ3) is 3.71. The van der Waals surface area contributed by atoms with Gasteiger partial charge < -0.3 is 14.8 Å². The zero-order valence-corrected chi connectivity index (χ0v) is 12.2. The molecule has 1 fully saturated rings. The summed E-state index contributed by atoms with van der Waals surface area (Å²) in [6.07, 6.45) is 2.54. The van der Waals surface area contributed by atoms with Crippen molar-refractivity contribution in [1.29, 1.82) is 0 Å². The van der Waals surface area contributed by atoms with Crippen LogP contribution in [0.2, 0.25) is 0 Å². The van der Waals surface area contributed by atoms with Crippen LogP contribution in [0.15, 0.2) is 24.3 Å². The molecule has 0 radical (unpaired) electrons. The molecule has 3 atom stereocenters. The highest BCUT2D eigenvalue weighted by molar-refractivity contribution is 5.34. The zero-order chi connectivity index (χ0) is 13.7. The Morgan fingerprint density at radius 3 is 2.84 bits per heavy atom. The Morgan fingerprint density at radius 1 is 1.42 bits per heavy atom. The van der Waals surface area contributed by atoms with Crippen molar-refractivity contribution in [2.75, 3.05) is 20.3 Å². The number of likely N-dealkylation sites (N-methyl/N-ethyl adjacent to an activating group) is 1. The molecule has 1 heterocycles. The first-order chi connectivity index (χ1) is 9.24. The quantitative estimate of drug-likeness (QED) is 0.856. The average Bonchev–Trinajstić information content (AvgIpc) is 2.85. The van der Waals surface area contributed by atoms with E-state index in [1.54, 1.807) is 7.11 Å². The van der Waals surface area contributed by atoms with E-state index in [0.717, 1.165) is 31.7 Å². The lowest BCUT2D eigenvalue weighted by molar-refractivity contribution is 0.117. The lowest BCUT2D eigenvalue weighted by Gasteiger charge is -2.24. The Kier molecular flexibility index (Phi) is 5.23. The SMILES string of the molecule is CCNC(Cc1ccccc1OC)C1COC(C)C1. The molecule has 0 amide bonds. The Labute approximate surface area is 116 Å². The lowest BCUT2D eigenvalue weighted by Crippen LogP contribution is -2.38. The molecule has 0 aliphatic carbocycles. The molecular formula is C16H25NO2. The predicted octanol–water partition coefficient (Wildman–Crippen LogP) is 2.64. The number of hydrogen-bond donors (Lipinski definition) is 1. The highest BCUT2D eigenvalue weighted by Gasteiger charge is 2.29. The van der Waals surface area contributed by atoms with Crippen molar-refractivity contribution in [2.24, 2.45) is 5.92 Å². The number of ether oxygens (including phenoxy) is 2. The van der Waals surface area contributed by atoms with Crippen molar-refractivity contribution < 1.29 is 9.47 Å². The molecule has 1 N–H and O–H groups in total. The third-order valence-corrected chi connectivity index (χ3v) is 3.90. The first kappa shape index (κ1) is 14.4. The van der Waals surface area contributed by atoms with Gasteiger partial charge in [-0.05, 0) is 37.9 Å². The summed E-state index contributed by atoms with van der Waals surface area (Å²) < 4.78 is 11.2. The van der Waals surface area contributed by atoms with Crippen molar-refractivity contribution in [3.8, 4) is 5.75 Å². The van der Waals surface area contributed by atoms with E-state index in [1.165, 1.54) is 5.56 Å². The van der Waals surface area contributed by atoms with Crippen molar-refractivity contribution in [3.05, 3.63) is 29.8 Å². The van der Waals surface area contributed by atoms with E-state index >= 15 is 0 Å². The van der Waals surface area contributed by atoms with Crippen LogP contribution >= 0.6 is 0 Å². The van der Waals surface area contributed by atoms with Crippen molar-refractivity contribution in [1.82, 2.24) is 5.32 Å². The van der Waals surface area contributed by atoms with Crippen molar-refractivity contribution in [3.63, 3.8) is 0 Å². The molecule has 106 valence electrons. The van der Waals surface area contributed by atoms with Crippen LogP contribution in [-0.2, 0) is 11.2 Å². The third-order valence-electron chi connectivity index (χ3n) is 3.90. The van der Waals surface area contributed by atoms with Crippen LogP contribution in [0.3, 0.4) is 0 Å². The summed E-state index contributed by atoms with van der Waals surface area (Å²) in [7, 11) is 1.74. The molecule has 1 aliphatic heterocycles. The molecule has 1 aromatic rings. The molecule has 3 nitrogen and oxygen atoms in total. The summed E-state index contributed by atoms with van der Waals surface area (Å²) in [5, 5.41) is 3.61. The van der Waals surface area contributed by atoms with E-state index in [9.17, 15) is 0 Å². The Morgan fingerprint density at radius 2 is 2.21 bits per heavy atom. The second-order valence-electron chi connectivity index (χ2n) is 5.32. The van der Waals surface area contributed by atoms with Crippen molar-refractivity contribution in [2.45, 2.75) is 38.8 Å². The molecule has 0 spiro atoms. The molecule has 3 unspecified atom stereocenters. The minimum absolute atomic E-state index is 0.392. The predicted molar refractivity (Wildman–Crippen MR) is 77.7 cm³/mol. The molecular weight excluding hydrogens is 238 g/mol. The van der Waals surface area contributed by atoms with Crippen LogP contribution in [0.5, 0.6) is 5.75 Å².